The Morgan fingerprint density at radius 3 is 2.59 bits per heavy atom. The quantitative estimate of drug-likeness (QED) is 0.632. The summed E-state index contributed by atoms with van der Waals surface area (Å²) in [6.07, 6.45) is 6.52. The Morgan fingerprint density at radius 2 is 1.97 bits per heavy atom. The van der Waals surface area contributed by atoms with Gasteiger partial charge in [-0.15, -0.1) is 10.2 Å². The number of nitrogens with zero attached hydrogens (tertiary/aromatic N) is 6. The molecule has 4 rings (SSSR count). The van der Waals surface area contributed by atoms with Crippen molar-refractivity contribution in [2.45, 2.75) is 25.9 Å². The summed E-state index contributed by atoms with van der Waals surface area (Å²) in [4.78, 5) is 18.6. The van der Waals surface area contributed by atoms with Crippen LogP contribution in [-0.4, -0.2) is 61.6 Å². The maximum Gasteiger partial charge on any atom is 0.255 e. The lowest BCUT2D eigenvalue weighted by molar-refractivity contribution is 0.0585. The lowest BCUT2D eigenvalue weighted by Gasteiger charge is -2.31. The average Bonchev–Trinajstić information content (AvgIpc) is 3.30. The highest BCUT2D eigenvalue weighted by molar-refractivity contribution is 5.94. The molecule has 1 fully saturated rings. The van der Waals surface area contributed by atoms with E-state index < -0.39 is 0 Å². The van der Waals surface area contributed by atoms with Crippen molar-refractivity contribution in [1.29, 1.82) is 0 Å². The number of pyridine rings is 1. The van der Waals surface area contributed by atoms with E-state index in [0.717, 1.165) is 12.8 Å². The summed E-state index contributed by atoms with van der Waals surface area (Å²) in [5.41, 5.74) is 0.563. The number of amides is 1. The number of piperidine rings is 1. The van der Waals surface area contributed by atoms with E-state index in [2.05, 4.69) is 20.3 Å². The molecule has 29 heavy (non-hydrogen) atoms. The van der Waals surface area contributed by atoms with Crippen molar-refractivity contribution in [3.63, 3.8) is 0 Å². The molecule has 1 amide bonds. The van der Waals surface area contributed by atoms with Crippen molar-refractivity contribution in [3.8, 4) is 17.6 Å². The van der Waals surface area contributed by atoms with Crippen molar-refractivity contribution in [2.75, 3.05) is 19.7 Å². The lowest BCUT2D eigenvalue weighted by Crippen LogP contribution is -2.41. The Labute approximate surface area is 168 Å². The van der Waals surface area contributed by atoms with Gasteiger partial charge in [0.2, 0.25) is 11.8 Å². The van der Waals surface area contributed by atoms with E-state index in [-0.39, 0.29) is 12.0 Å². The molecule has 0 unspecified atom stereocenters. The molecule has 1 aliphatic rings. The number of aromatic nitrogens is 5. The van der Waals surface area contributed by atoms with Gasteiger partial charge in [0.1, 0.15) is 6.10 Å². The minimum Gasteiger partial charge on any atom is -0.478 e. The molecular weight excluding hydrogens is 372 g/mol. The van der Waals surface area contributed by atoms with Crippen molar-refractivity contribution < 1.29 is 14.3 Å². The number of carbonyl (C=O) groups is 1. The van der Waals surface area contributed by atoms with Crippen molar-refractivity contribution in [3.05, 3.63) is 54.5 Å². The van der Waals surface area contributed by atoms with Gasteiger partial charge in [0.05, 0.1) is 12.2 Å². The Balaban J connectivity index is 1.29. The highest BCUT2D eigenvalue weighted by Gasteiger charge is 2.25. The molecule has 1 saturated heterocycles. The molecule has 150 valence electrons. The van der Waals surface area contributed by atoms with Gasteiger partial charge in [0, 0.05) is 56.7 Å². The number of hydrogen-bond donors (Lipinski definition) is 0. The fourth-order valence-corrected chi connectivity index (χ4v) is 3.17. The molecule has 0 aromatic carbocycles. The maximum atomic E-state index is 12.7. The fraction of sp³-hybridized carbons (Fsp3) is 0.350. The molecule has 0 aliphatic carbocycles. The van der Waals surface area contributed by atoms with Crippen molar-refractivity contribution in [1.82, 2.24) is 29.9 Å². The van der Waals surface area contributed by atoms with Crippen LogP contribution in [0, 0.1) is 0 Å². The minimum atomic E-state index is -0.0256. The van der Waals surface area contributed by atoms with Gasteiger partial charge in [0.15, 0.2) is 5.82 Å². The second-order valence-electron chi connectivity index (χ2n) is 6.61. The topological polar surface area (TPSA) is 95.3 Å². The third kappa shape index (κ3) is 4.50. The van der Waals surface area contributed by atoms with Crippen LogP contribution in [0.5, 0.6) is 11.8 Å². The minimum absolute atomic E-state index is 0.00218. The van der Waals surface area contributed by atoms with E-state index >= 15 is 0 Å². The Bertz CT molecular complexity index is 920. The number of ether oxygens (including phenoxy) is 2. The van der Waals surface area contributed by atoms with Gasteiger partial charge in [-0.25, -0.2) is 9.67 Å². The molecule has 9 nitrogen and oxygen atoms in total. The highest BCUT2D eigenvalue weighted by atomic mass is 16.5. The number of hydrogen-bond acceptors (Lipinski definition) is 7. The summed E-state index contributed by atoms with van der Waals surface area (Å²) in [7, 11) is 0. The molecular formula is C20H22N6O3. The second-order valence-corrected chi connectivity index (χ2v) is 6.61. The van der Waals surface area contributed by atoms with Crippen LogP contribution in [0.1, 0.15) is 30.1 Å². The normalized spacial score (nSPS) is 14.6. The molecule has 1 aliphatic heterocycles. The van der Waals surface area contributed by atoms with Gasteiger partial charge in [-0.3, -0.25) is 4.79 Å². The first kappa shape index (κ1) is 18.9. The van der Waals surface area contributed by atoms with Crippen LogP contribution in [0.4, 0.5) is 0 Å². The molecule has 0 spiro atoms. The smallest absolute Gasteiger partial charge is 0.255 e. The number of carbonyl (C=O) groups excluding carboxylic acids is 1. The van der Waals surface area contributed by atoms with E-state index in [1.165, 1.54) is 0 Å². The first-order chi connectivity index (χ1) is 14.2. The lowest BCUT2D eigenvalue weighted by atomic mass is 10.1. The van der Waals surface area contributed by atoms with Crippen LogP contribution in [0.2, 0.25) is 0 Å². The van der Waals surface area contributed by atoms with Gasteiger partial charge in [-0.05, 0) is 25.1 Å². The van der Waals surface area contributed by atoms with Crippen molar-refractivity contribution in [2.24, 2.45) is 0 Å². The van der Waals surface area contributed by atoms with Crippen LogP contribution < -0.4 is 9.47 Å². The SMILES string of the molecule is CCOc1ccc(C(=O)N2CCC(Oc3ccc(-n4cccn4)nn3)CC2)cn1. The van der Waals surface area contributed by atoms with E-state index in [9.17, 15) is 4.79 Å². The molecule has 0 saturated carbocycles. The average molecular weight is 394 g/mol. The largest absolute Gasteiger partial charge is 0.478 e. The summed E-state index contributed by atoms with van der Waals surface area (Å²) in [6.45, 7) is 3.68. The monoisotopic (exact) mass is 394 g/mol. The zero-order chi connectivity index (χ0) is 20.1. The van der Waals surface area contributed by atoms with Crippen LogP contribution in [-0.2, 0) is 0 Å². The standard InChI is InChI=1S/C20H22N6O3/c1-2-28-18-6-4-15(14-21-18)20(27)25-12-8-16(9-13-25)29-19-7-5-17(23-24-19)26-11-3-10-22-26/h3-7,10-11,14,16H,2,8-9,12-13H2,1H3. The van der Waals surface area contributed by atoms with Crippen LogP contribution in [0.15, 0.2) is 48.9 Å². The first-order valence-corrected chi connectivity index (χ1v) is 9.61. The zero-order valence-electron chi connectivity index (χ0n) is 16.1. The Morgan fingerprint density at radius 1 is 1.14 bits per heavy atom. The molecule has 4 heterocycles. The van der Waals surface area contributed by atoms with Gasteiger partial charge in [-0.2, -0.15) is 5.10 Å². The summed E-state index contributed by atoms with van der Waals surface area (Å²) >= 11 is 0. The predicted octanol–water partition coefficient (Wildman–Crippen LogP) is 2.14. The van der Waals surface area contributed by atoms with Gasteiger partial charge in [0.25, 0.3) is 5.91 Å². The molecule has 9 heteroatoms. The van der Waals surface area contributed by atoms with E-state index in [4.69, 9.17) is 9.47 Å². The van der Waals surface area contributed by atoms with Crippen LogP contribution >= 0.6 is 0 Å². The molecule has 0 bridgehead atoms. The van der Waals surface area contributed by atoms with Gasteiger partial charge < -0.3 is 14.4 Å². The highest BCUT2D eigenvalue weighted by Crippen LogP contribution is 2.19. The molecule has 3 aromatic rings. The van der Waals surface area contributed by atoms with Crippen molar-refractivity contribution >= 4 is 5.91 Å². The Kier molecular flexibility index (Phi) is 5.64. The number of likely N-dealkylation sites (tertiary alicyclic amines) is 1. The zero-order valence-corrected chi connectivity index (χ0v) is 16.1. The molecule has 0 radical (unpaired) electrons. The summed E-state index contributed by atoms with van der Waals surface area (Å²) in [5, 5.41) is 12.4. The van der Waals surface area contributed by atoms with Gasteiger partial charge in [-0.1, -0.05) is 0 Å². The first-order valence-electron chi connectivity index (χ1n) is 9.61. The van der Waals surface area contributed by atoms with E-state index in [0.29, 0.717) is 42.8 Å². The van der Waals surface area contributed by atoms with Gasteiger partial charge >= 0.3 is 0 Å². The van der Waals surface area contributed by atoms with E-state index in [1.807, 2.05) is 24.0 Å². The second kappa shape index (κ2) is 8.68. The summed E-state index contributed by atoms with van der Waals surface area (Å²) in [6, 6.07) is 8.89. The predicted molar refractivity (Wildman–Crippen MR) is 104 cm³/mol. The molecule has 0 N–H and O–H groups in total. The fourth-order valence-electron chi connectivity index (χ4n) is 3.17. The third-order valence-corrected chi connectivity index (χ3v) is 4.66. The third-order valence-electron chi connectivity index (χ3n) is 4.66. The summed E-state index contributed by atoms with van der Waals surface area (Å²) < 4.78 is 12.9. The maximum absolute atomic E-state index is 12.7. The molecule has 3 aromatic heterocycles. The Hall–Kier alpha value is -3.49. The molecule has 0 atom stereocenters. The van der Waals surface area contributed by atoms with Crippen LogP contribution in [0.3, 0.4) is 0 Å². The van der Waals surface area contributed by atoms with E-state index in [1.54, 1.807) is 41.5 Å². The number of rotatable bonds is 6. The summed E-state index contributed by atoms with van der Waals surface area (Å²) in [5.74, 6) is 1.60. The van der Waals surface area contributed by atoms with Crippen LogP contribution in [0.25, 0.3) is 5.82 Å².